The van der Waals surface area contributed by atoms with Crippen molar-refractivity contribution in [1.29, 1.82) is 0 Å². The summed E-state index contributed by atoms with van der Waals surface area (Å²) in [6.45, 7) is 2.30. The molecule has 0 bridgehead atoms. The van der Waals surface area contributed by atoms with Gasteiger partial charge in [0, 0.05) is 6.07 Å². The molecule has 0 spiro atoms. The van der Waals surface area contributed by atoms with Gasteiger partial charge in [-0.15, -0.1) is 0 Å². The molecule has 0 amide bonds. The minimum absolute atomic E-state index is 0.0316. The first-order valence-electron chi connectivity index (χ1n) is 6.12. The molecule has 0 fully saturated rings. The largest absolute Gasteiger partial charge is 0.488 e. The van der Waals surface area contributed by atoms with E-state index in [2.05, 4.69) is 4.99 Å². The molecular formula is C13H16F2N2O2. The van der Waals surface area contributed by atoms with Crippen molar-refractivity contribution >= 4 is 6.02 Å². The first kappa shape index (κ1) is 13.6. The minimum atomic E-state index is -0.696. The smallest absolute Gasteiger partial charge is 0.282 e. The Hall–Kier alpha value is -1.85. The van der Waals surface area contributed by atoms with E-state index >= 15 is 0 Å². The molecule has 1 aliphatic rings. The molecule has 0 radical (unpaired) electrons. The number of benzene rings is 1. The summed E-state index contributed by atoms with van der Waals surface area (Å²) in [6, 6.07) is 3.50. The van der Waals surface area contributed by atoms with Gasteiger partial charge in [-0.1, -0.05) is 0 Å². The number of hydrogen-bond donors (Lipinski definition) is 1. The monoisotopic (exact) mass is 270 g/mol. The van der Waals surface area contributed by atoms with Crippen LogP contribution >= 0.6 is 0 Å². The van der Waals surface area contributed by atoms with Crippen LogP contribution in [-0.2, 0) is 4.74 Å². The van der Waals surface area contributed by atoms with Gasteiger partial charge in [0.1, 0.15) is 12.4 Å². The van der Waals surface area contributed by atoms with Crippen molar-refractivity contribution < 1.29 is 18.3 Å². The van der Waals surface area contributed by atoms with Gasteiger partial charge in [0.25, 0.3) is 6.02 Å². The van der Waals surface area contributed by atoms with Crippen molar-refractivity contribution in [1.82, 2.24) is 0 Å². The van der Waals surface area contributed by atoms with E-state index < -0.39 is 11.6 Å². The van der Waals surface area contributed by atoms with Gasteiger partial charge >= 0.3 is 0 Å². The summed E-state index contributed by atoms with van der Waals surface area (Å²) in [7, 11) is 0. The van der Waals surface area contributed by atoms with E-state index in [-0.39, 0.29) is 23.9 Å². The van der Waals surface area contributed by atoms with Crippen LogP contribution in [0.25, 0.3) is 0 Å². The van der Waals surface area contributed by atoms with Crippen molar-refractivity contribution in [2.24, 2.45) is 10.7 Å². The van der Waals surface area contributed by atoms with Crippen LogP contribution in [0.4, 0.5) is 8.78 Å². The number of ether oxygens (including phenoxy) is 2. The number of halogens is 2. The Labute approximate surface area is 110 Å². The minimum Gasteiger partial charge on any atom is -0.488 e. The second-order valence-electron chi connectivity index (χ2n) is 4.51. The molecule has 4 nitrogen and oxygen atoms in total. The SMILES string of the molecule is C[C@H](CC[C@H]1COC(N)=N1)Oc1ccc(F)cc1F. The molecule has 19 heavy (non-hydrogen) atoms. The highest BCUT2D eigenvalue weighted by atomic mass is 19.1. The van der Waals surface area contributed by atoms with Gasteiger partial charge < -0.3 is 15.2 Å². The Bertz CT molecular complexity index is 480. The summed E-state index contributed by atoms with van der Waals surface area (Å²) in [4.78, 5) is 4.09. The predicted octanol–water partition coefficient (Wildman–Crippen LogP) is 2.23. The Morgan fingerprint density at radius 1 is 1.53 bits per heavy atom. The lowest BCUT2D eigenvalue weighted by Gasteiger charge is -2.16. The Balaban J connectivity index is 1.82. The third-order valence-corrected chi connectivity index (χ3v) is 2.86. The van der Waals surface area contributed by atoms with Crippen molar-refractivity contribution in [3.8, 4) is 5.75 Å². The quantitative estimate of drug-likeness (QED) is 0.892. The highest BCUT2D eigenvalue weighted by molar-refractivity contribution is 5.72. The lowest BCUT2D eigenvalue weighted by atomic mass is 10.1. The summed E-state index contributed by atoms with van der Waals surface area (Å²) in [5.74, 6) is -1.26. The third kappa shape index (κ3) is 3.81. The molecular weight excluding hydrogens is 254 g/mol. The fraction of sp³-hybridized carbons (Fsp3) is 0.462. The van der Waals surface area contributed by atoms with Crippen LogP contribution < -0.4 is 10.5 Å². The van der Waals surface area contributed by atoms with Gasteiger partial charge in [-0.2, -0.15) is 0 Å². The molecule has 2 N–H and O–H groups in total. The van der Waals surface area contributed by atoms with Crippen LogP contribution in [0.2, 0.25) is 0 Å². The maximum absolute atomic E-state index is 13.4. The number of hydrogen-bond acceptors (Lipinski definition) is 4. The second kappa shape index (κ2) is 5.86. The van der Waals surface area contributed by atoms with E-state index in [1.807, 2.05) is 6.92 Å². The number of nitrogens with two attached hydrogens (primary N) is 1. The zero-order chi connectivity index (χ0) is 13.8. The van der Waals surface area contributed by atoms with Crippen LogP contribution in [0.3, 0.4) is 0 Å². The van der Waals surface area contributed by atoms with E-state index in [0.29, 0.717) is 13.0 Å². The van der Waals surface area contributed by atoms with E-state index in [0.717, 1.165) is 12.5 Å². The number of rotatable bonds is 5. The molecule has 0 unspecified atom stereocenters. The van der Waals surface area contributed by atoms with Gasteiger partial charge in [0.05, 0.1) is 12.1 Å². The normalized spacial score (nSPS) is 19.7. The highest BCUT2D eigenvalue weighted by Crippen LogP contribution is 2.21. The van der Waals surface area contributed by atoms with E-state index in [1.165, 1.54) is 12.1 Å². The topological polar surface area (TPSA) is 56.8 Å². The van der Waals surface area contributed by atoms with E-state index in [4.69, 9.17) is 15.2 Å². The highest BCUT2D eigenvalue weighted by Gasteiger charge is 2.18. The maximum atomic E-state index is 13.4. The van der Waals surface area contributed by atoms with Gasteiger partial charge in [0.15, 0.2) is 11.6 Å². The van der Waals surface area contributed by atoms with Gasteiger partial charge in [-0.25, -0.2) is 13.8 Å². The lowest BCUT2D eigenvalue weighted by Crippen LogP contribution is -2.16. The molecule has 2 atom stereocenters. The molecule has 6 heteroatoms. The summed E-state index contributed by atoms with van der Waals surface area (Å²) in [6.07, 6.45) is 1.23. The number of aliphatic imine (C=N–C) groups is 1. The van der Waals surface area contributed by atoms with Gasteiger partial charge in [0.2, 0.25) is 0 Å². The fourth-order valence-corrected chi connectivity index (χ4v) is 1.86. The van der Waals surface area contributed by atoms with Crippen molar-refractivity contribution in [2.75, 3.05) is 6.61 Å². The Kier molecular flexibility index (Phi) is 4.19. The molecule has 0 saturated carbocycles. The third-order valence-electron chi connectivity index (χ3n) is 2.86. The van der Waals surface area contributed by atoms with Crippen LogP contribution in [-0.4, -0.2) is 24.8 Å². The second-order valence-corrected chi connectivity index (χ2v) is 4.51. The van der Waals surface area contributed by atoms with Crippen LogP contribution in [0, 0.1) is 11.6 Å². The number of nitrogens with zero attached hydrogens (tertiary/aromatic N) is 1. The average molecular weight is 270 g/mol. The van der Waals surface area contributed by atoms with Gasteiger partial charge in [-0.05, 0) is 31.9 Å². The van der Waals surface area contributed by atoms with E-state index in [9.17, 15) is 8.78 Å². The average Bonchev–Trinajstić information content (AvgIpc) is 2.76. The standard InChI is InChI=1S/C13H16F2N2O2/c1-8(2-4-10-7-18-13(16)17-10)19-12-5-3-9(14)6-11(12)15/h3,5-6,8,10H,2,4,7H2,1H3,(H2,16,17)/t8-,10+/m1/s1. The fourth-order valence-electron chi connectivity index (χ4n) is 1.86. The molecule has 0 aromatic heterocycles. The summed E-state index contributed by atoms with van der Waals surface area (Å²) >= 11 is 0. The Morgan fingerprint density at radius 3 is 2.95 bits per heavy atom. The zero-order valence-corrected chi connectivity index (χ0v) is 10.6. The Morgan fingerprint density at radius 2 is 2.32 bits per heavy atom. The summed E-state index contributed by atoms with van der Waals surface area (Å²) in [5.41, 5.74) is 5.40. The molecule has 1 heterocycles. The van der Waals surface area contributed by atoms with Crippen molar-refractivity contribution in [3.63, 3.8) is 0 Å². The van der Waals surface area contributed by atoms with Crippen molar-refractivity contribution in [2.45, 2.75) is 31.9 Å². The summed E-state index contributed by atoms with van der Waals surface area (Å²) in [5, 5.41) is 0. The first-order valence-corrected chi connectivity index (χ1v) is 6.12. The van der Waals surface area contributed by atoms with Crippen LogP contribution in [0.15, 0.2) is 23.2 Å². The molecule has 1 aromatic rings. The maximum Gasteiger partial charge on any atom is 0.282 e. The van der Waals surface area contributed by atoms with Crippen LogP contribution in [0.5, 0.6) is 5.75 Å². The number of amidine groups is 1. The molecule has 0 aliphatic carbocycles. The van der Waals surface area contributed by atoms with Crippen LogP contribution in [0.1, 0.15) is 19.8 Å². The van der Waals surface area contributed by atoms with Gasteiger partial charge in [-0.3, -0.25) is 0 Å². The predicted molar refractivity (Wildman–Crippen MR) is 67.0 cm³/mol. The molecule has 2 rings (SSSR count). The van der Waals surface area contributed by atoms with E-state index in [1.54, 1.807) is 0 Å². The summed E-state index contributed by atoms with van der Waals surface area (Å²) < 4.78 is 36.6. The molecule has 104 valence electrons. The lowest BCUT2D eigenvalue weighted by molar-refractivity contribution is 0.191. The van der Waals surface area contributed by atoms with Crippen molar-refractivity contribution in [3.05, 3.63) is 29.8 Å². The molecule has 1 aliphatic heterocycles. The zero-order valence-electron chi connectivity index (χ0n) is 10.6. The first-order chi connectivity index (χ1) is 9.04. The molecule has 0 saturated heterocycles. The molecule has 1 aromatic carbocycles.